The minimum atomic E-state index is -0.0215. The molecule has 0 unspecified atom stereocenters. The van der Waals surface area contributed by atoms with Gasteiger partial charge in [0.1, 0.15) is 0 Å². The maximum atomic E-state index is 13.1. The van der Waals surface area contributed by atoms with Crippen molar-refractivity contribution < 1.29 is 4.79 Å². The summed E-state index contributed by atoms with van der Waals surface area (Å²) >= 11 is 0. The number of amides is 2. The van der Waals surface area contributed by atoms with Gasteiger partial charge in [-0.15, -0.1) is 0 Å². The van der Waals surface area contributed by atoms with Crippen molar-refractivity contribution in [2.24, 2.45) is 5.41 Å². The van der Waals surface area contributed by atoms with Crippen LogP contribution in [0.5, 0.6) is 0 Å². The van der Waals surface area contributed by atoms with Crippen LogP contribution in [0.2, 0.25) is 0 Å². The first kappa shape index (κ1) is 21.6. The molecule has 0 bridgehead atoms. The average molecular weight is 423 g/mol. The van der Waals surface area contributed by atoms with Gasteiger partial charge in [-0.1, -0.05) is 45.0 Å². The molecule has 2 aliphatic rings. The second-order valence-corrected chi connectivity index (χ2v) is 9.64. The standard InChI is InChI=1S/C24H34N6O/c1-24(2,3)21(18-28-12-9-19-7-4-5-8-20(19)17-28)27-23(31)30-15-13-29(14-16-30)22-25-10-6-11-26-22/h4-8,10-11,21H,9,12-18H2,1-3H3,(H,27,31)/t21-/m0/s1. The van der Waals surface area contributed by atoms with Gasteiger partial charge in [0, 0.05) is 64.2 Å². The lowest BCUT2D eigenvalue weighted by Gasteiger charge is -2.40. The normalized spacial score (nSPS) is 18.4. The Balaban J connectivity index is 1.34. The van der Waals surface area contributed by atoms with E-state index in [-0.39, 0.29) is 17.5 Å². The van der Waals surface area contributed by atoms with Crippen molar-refractivity contribution in [3.8, 4) is 0 Å². The van der Waals surface area contributed by atoms with E-state index < -0.39 is 0 Å². The molecule has 1 fully saturated rings. The molecule has 0 aliphatic carbocycles. The maximum absolute atomic E-state index is 13.1. The fourth-order valence-electron chi connectivity index (χ4n) is 4.31. The molecule has 2 aliphatic heterocycles. The number of piperazine rings is 1. The molecule has 1 atom stereocenters. The van der Waals surface area contributed by atoms with E-state index in [4.69, 9.17) is 0 Å². The Bertz CT molecular complexity index is 873. The lowest BCUT2D eigenvalue weighted by atomic mass is 9.86. The number of aromatic nitrogens is 2. The zero-order valence-electron chi connectivity index (χ0n) is 18.9. The smallest absolute Gasteiger partial charge is 0.317 e. The van der Waals surface area contributed by atoms with Crippen molar-refractivity contribution >= 4 is 12.0 Å². The molecular weight excluding hydrogens is 388 g/mol. The van der Waals surface area contributed by atoms with Crippen LogP contribution in [0.15, 0.2) is 42.7 Å². The molecule has 2 aromatic rings. The number of benzene rings is 1. The van der Waals surface area contributed by atoms with Crippen LogP contribution in [-0.4, -0.2) is 71.1 Å². The summed E-state index contributed by atoms with van der Waals surface area (Å²) < 4.78 is 0. The second kappa shape index (κ2) is 9.22. The summed E-state index contributed by atoms with van der Waals surface area (Å²) in [6.45, 7) is 12.3. The van der Waals surface area contributed by atoms with E-state index >= 15 is 0 Å². The zero-order valence-corrected chi connectivity index (χ0v) is 18.9. The van der Waals surface area contributed by atoms with Crippen LogP contribution in [0.1, 0.15) is 31.9 Å². The minimum Gasteiger partial charge on any atom is -0.337 e. The number of hydrogen-bond acceptors (Lipinski definition) is 5. The molecule has 0 radical (unpaired) electrons. The Morgan fingerprint density at radius 3 is 2.35 bits per heavy atom. The van der Waals surface area contributed by atoms with Crippen molar-refractivity contribution in [1.29, 1.82) is 0 Å². The Morgan fingerprint density at radius 1 is 1.00 bits per heavy atom. The quantitative estimate of drug-likeness (QED) is 0.821. The lowest BCUT2D eigenvalue weighted by molar-refractivity contribution is 0.145. The zero-order chi connectivity index (χ0) is 21.8. The highest BCUT2D eigenvalue weighted by Gasteiger charge is 2.31. The van der Waals surface area contributed by atoms with Crippen LogP contribution < -0.4 is 10.2 Å². The van der Waals surface area contributed by atoms with Gasteiger partial charge in [0.15, 0.2) is 0 Å². The first-order valence-corrected chi connectivity index (χ1v) is 11.3. The van der Waals surface area contributed by atoms with Crippen LogP contribution in [-0.2, 0) is 13.0 Å². The summed E-state index contributed by atoms with van der Waals surface area (Å²) in [5, 5.41) is 3.35. The maximum Gasteiger partial charge on any atom is 0.317 e. The third kappa shape index (κ3) is 5.34. The van der Waals surface area contributed by atoms with Gasteiger partial charge in [0.25, 0.3) is 0 Å². The first-order chi connectivity index (χ1) is 14.9. The van der Waals surface area contributed by atoms with Crippen molar-refractivity contribution in [2.75, 3.05) is 44.2 Å². The fourth-order valence-corrected chi connectivity index (χ4v) is 4.31. The number of fused-ring (bicyclic) bond motifs is 1. The number of carbonyl (C=O) groups is 1. The number of rotatable bonds is 4. The Morgan fingerprint density at radius 2 is 1.68 bits per heavy atom. The highest BCUT2D eigenvalue weighted by atomic mass is 16.2. The van der Waals surface area contributed by atoms with Gasteiger partial charge in [-0.2, -0.15) is 0 Å². The summed E-state index contributed by atoms with van der Waals surface area (Å²) in [7, 11) is 0. The molecule has 0 spiro atoms. The minimum absolute atomic E-state index is 0.0215. The Kier molecular flexibility index (Phi) is 6.41. The van der Waals surface area contributed by atoms with E-state index in [0.717, 1.165) is 45.1 Å². The molecule has 3 heterocycles. The molecule has 0 saturated carbocycles. The topological polar surface area (TPSA) is 64.6 Å². The van der Waals surface area contributed by atoms with Crippen LogP contribution in [0.3, 0.4) is 0 Å². The highest BCUT2D eigenvalue weighted by molar-refractivity contribution is 5.75. The number of nitrogens with zero attached hydrogens (tertiary/aromatic N) is 5. The molecule has 31 heavy (non-hydrogen) atoms. The van der Waals surface area contributed by atoms with Gasteiger partial charge in [0.2, 0.25) is 5.95 Å². The summed E-state index contributed by atoms with van der Waals surface area (Å²) in [5.41, 5.74) is 2.84. The van der Waals surface area contributed by atoms with E-state index in [1.165, 1.54) is 11.1 Å². The van der Waals surface area contributed by atoms with Crippen molar-refractivity contribution in [2.45, 2.75) is 39.8 Å². The number of nitrogens with one attached hydrogen (secondary N) is 1. The van der Waals surface area contributed by atoms with E-state index in [1.54, 1.807) is 12.4 Å². The van der Waals surface area contributed by atoms with Crippen molar-refractivity contribution in [3.05, 3.63) is 53.9 Å². The largest absolute Gasteiger partial charge is 0.337 e. The van der Waals surface area contributed by atoms with Gasteiger partial charge in [0.05, 0.1) is 0 Å². The summed E-state index contributed by atoms with van der Waals surface area (Å²) in [5.74, 6) is 0.737. The number of hydrogen-bond donors (Lipinski definition) is 1. The highest BCUT2D eigenvalue weighted by Crippen LogP contribution is 2.24. The fraction of sp³-hybridized carbons (Fsp3) is 0.542. The van der Waals surface area contributed by atoms with Crippen LogP contribution in [0, 0.1) is 5.41 Å². The van der Waals surface area contributed by atoms with Gasteiger partial charge >= 0.3 is 6.03 Å². The van der Waals surface area contributed by atoms with Crippen molar-refractivity contribution in [1.82, 2.24) is 25.1 Å². The van der Waals surface area contributed by atoms with Crippen LogP contribution in [0.25, 0.3) is 0 Å². The molecule has 1 N–H and O–H groups in total. The summed E-state index contributed by atoms with van der Waals surface area (Å²) in [4.78, 5) is 28.3. The van der Waals surface area contributed by atoms with Gasteiger partial charge in [-0.3, -0.25) is 4.90 Å². The molecule has 1 aromatic heterocycles. The predicted molar refractivity (Wildman–Crippen MR) is 123 cm³/mol. The SMILES string of the molecule is CC(C)(C)[C@H](CN1CCc2ccccc2C1)NC(=O)N1CCN(c2ncccn2)CC1. The molecule has 2 amide bonds. The third-order valence-electron chi connectivity index (χ3n) is 6.40. The molecule has 166 valence electrons. The van der Waals surface area contributed by atoms with Crippen LogP contribution >= 0.6 is 0 Å². The number of carbonyl (C=O) groups excluding carboxylic acids is 1. The van der Waals surface area contributed by atoms with E-state index in [2.05, 4.69) is 70.1 Å². The monoisotopic (exact) mass is 422 g/mol. The van der Waals surface area contributed by atoms with E-state index in [1.807, 2.05) is 11.0 Å². The van der Waals surface area contributed by atoms with Crippen LogP contribution in [0.4, 0.5) is 10.7 Å². The first-order valence-electron chi connectivity index (χ1n) is 11.3. The molecule has 1 saturated heterocycles. The Hall–Kier alpha value is -2.67. The molecule has 1 aromatic carbocycles. The number of anilines is 1. The second-order valence-electron chi connectivity index (χ2n) is 9.64. The average Bonchev–Trinajstić information content (AvgIpc) is 2.78. The Labute approximate surface area is 185 Å². The molecular formula is C24H34N6O. The number of urea groups is 1. The lowest BCUT2D eigenvalue weighted by Crippen LogP contribution is -2.58. The van der Waals surface area contributed by atoms with Gasteiger partial charge in [-0.25, -0.2) is 14.8 Å². The van der Waals surface area contributed by atoms with Gasteiger partial charge in [-0.05, 0) is 29.0 Å². The molecule has 4 rings (SSSR count). The van der Waals surface area contributed by atoms with E-state index in [0.29, 0.717) is 13.1 Å². The third-order valence-corrected chi connectivity index (χ3v) is 6.40. The molecule has 7 nitrogen and oxygen atoms in total. The summed E-state index contributed by atoms with van der Waals surface area (Å²) in [6, 6.07) is 10.6. The summed E-state index contributed by atoms with van der Waals surface area (Å²) in [6.07, 6.45) is 4.59. The van der Waals surface area contributed by atoms with Gasteiger partial charge < -0.3 is 15.1 Å². The molecule has 7 heteroatoms. The van der Waals surface area contributed by atoms with Crippen molar-refractivity contribution in [3.63, 3.8) is 0 Å². The predicted octanol–water partition coefficient (Wildman–Crippen LogP) is 2.78. The van der Waals surface area contributed by atoms with E-state index in [9.17, 15) is 4.79 Å².